The molecule has 0 heterocycles. The fourth-order valence-corrected chi connectivity index (χ4v) is 0.287. The zero-order chi connectivity index (χ0) is 5.54. The van der Waals surface area contributed by atoms with Gasteiger partial charge < -0.3 is 9.47 Å². The van der Waals surface area contributed by atoms with Crippen LogP contribution >= 0.6 is 0 Å². The van der Waals surface area contributed by atoms with Crippen molar-refractivity contribution in [3.63, 3.8) is 0 Å². The molecule has 8 heavy (non-hydrogen) atoms. The van der Waals surface area contributed by atoms with E-state index in [1.165, 1.54) is 0 Å². The van der Waals surface area contributed by atoms with Crippen molar-refractivity contribution in [3.8, 4) is 0 Å². The second-order valence-corrected chi connectivity index (χ2v) is 1.19. The van der Waals surface area contributed by atoms with Gasteiger partial charge in [-0.05, 0) is 6.92 Å². The standard InChI is InChI=1S/C5H12O2.Na.H/c1-3-7-5-4-6-2;;/h3-5H2,1-2H3;;. The summed E-state index contributed by atoms with van der Waals surface area (Å²) in [5.74, 6) is 0. The van der Waals surface area contributed by atoms with Gasteiger partial charge in [-0.1, -0.05) is 0 Å². The number of hydrogen-bond acceptors (Lipinski definition) is 2. The Morgan fingerprint density at radius 3 is 2.25 bits per heavy atom. The first-order chi connectivity index (χ1) is 3.41. The van der Waals surface area contributed by atoms with Gasteiger partial charge in [0.15, 0.2) is 0 Å². The van der Waals surface area contributed by atoms with Gasteiger partial charge >= 0.3 is 29.6 Å². The van der Waals surface area contributed by atoms with Gasteiger partial charge in [-0.2, -0.15) is 0 Å². The first-order valence-corrected chi connectivity index (χ1v) is 2.48. The van der Waals surface area contributed by atoms with Crippen LogP contribution in [0.1, 0.15) is 6.92 Å². The predicted octanol–water partition coefficient (Wildman–Crippen LogP) is 0.0208. The average Bonchev–Trinajstić information content (AvgIpc) is 1.69. The molecule has 0 saturated carbocycles. The van der Waals surface area contributed by atoms with Crippen LogP contribution in [0, 0.1) is 0 Å². The average molecular weight is 128 g/mol. The normalized spacial score (nSPS) is 8.25. The van der Waals surface area contributed by atoms with Crippen LogP contribution in [0.15, 0.2) is 0 Å². The van der Waals surface area contributed by atoms with E-state index in [0.29, 0.717) is 13.2 Å². The second kappa shape index (κ2) is 10.8. The van der Waals surface area contributed by atoms with Gasteiger partial charge in [0.2, 0.25) is 0 Å². The van der Waals surface area contributed by atoms with Gasteiger partial charge in [0.25, 0.3) is 0 Å². The molecule has 0 aromatic carbocycles. The molecule has 0 radical (unpaired) electrons. The van der Waals surface area contributed by atoms with Crippen LogP contribution < -0.4 is 0 Å². The summed E-state index contributed by atoms with van der Waals surface area (Å²) in [7, 11) is 1.67. The molecule has 2 nitrogen and oxygen atoms in total. The van der Waals surface area contributed by atoms with Crippen LogP contribution in [-0.4, -0.2) is 56.5 Å². The van der Waals surface area contributed by atoms with Gasteiger partial charge in [-0.3, -0.25) is 0 Å². The molecule has 0 unspecified atom stereocenters. The molecule has 0 N–H and O–H groups in total. The molecule has 0 amide bonds. The zero-order valence-corrected chi connectivity index (χ0v) is 4.94. The summed E-state index contributed by atoms with van der Waals surface area (Å²) in [5, 5.41) is 0. The first-order valence-electron chi connectivity index (χ1n) is 2.48. The Hall–Kier alpha value is 0.920. The van der Waals surface area contributed by atoms with Crippen molar-refractivity contribution in [3.05, 3.63) is 0 Å². The Morgan fingerprint density at radius 2 is 1.88 bits per heavy atom. The third-order valence-electron chi connectivity index (χ3n) is 0.636. The Kier molecular flexibility index (Phi) is 15.8. The molecular weight excluding hydrogens is 115 g/mol. The van der Waals surface area contributed by atoms with E-state index >= 15 is 0 Å². The summed E-state index contributed by atoms with van der Waals surface area (Å²) in [4.78, 5) is 0. The number of ether oxygens (including phenoxy) is 2. The first kappa shape index (κ1) is 11.7. The molecule has 0 spiro atoms. The molecule has 46 valence electrons. The van der Waals surface area contributed by atoms with E-state index in [4.69, 9.17) is 9.47 Å². The molecule has 0 bridgehead atoms. The summed E-state index contributed by atoms with van der Waals surface area (Å²) in [6.07, 6.45) is 0. The molecule has 0 aliphatic heterocycles. The minimum atomic E-state index is 0. The minimum absolute atomic E-state index is 0. The summed E-state index contributed by atoms with van der Waals surface area (Å²) in [6.45, 7) is 4.17. The van der Waals surface area contributed by atoms with E-state index in [2.05, 4.69) is 0 Å². The van der Waals surface area contributed by atoms with E-state index in [-0.39, 0.29) is 29.6 Å². The van der Waals surface area contributed by atoms with Gasteiger partial charge in [0.05, 0.1) is 13.2 Å². The summed E-state index contributed by atoms with van der Waals surface area (Å²) < 4.78 is 9.67. The Bertz CT molecular complexity index is 29.6. The number of rotatable bonds is 4. The molecule has 0 aliphatic carbocycles. The second-order valence-electron chi connectivity index (χ2n) is 1.19. The Labute approximate surface area is 72.8 Å². The molecule has 0 aromatic heterocycles. The third-order valence-corrected chi connectivity index (χ3v) is 0.636. The number of hydrogen-bond donors (Lipinski definition) is 0. The molecule has 0 aromatic rings. The number of methoxy groups -OCH3 is 1. The van der Waals surface area contributed by atoms with Crippen molar-refractivity contribution in [1.82, 2.24) is 0 Å². The van der Waals surface area contributed by atoms with E-state index in [9.17, 15) is 0 Å². The van der Waals surface area contributed by atoms with Crippen LogP contribution in [0.2, 0.25) is 0 Å². The fraction of sp³-hybridized carbons (Fsp3) is 1.00. The summed E-state index contributed by atoms with van der Waals surface area (Å²) in [5.41, 5.74) is 0. The van der Waals surface area contributed by atoms with Crippen LogP contribution in [0.5, 0.6) is 0 Å². The van der Waals surface area contributed by atoms with Crippen molar-refractivity contribution < 1.29 is 9.47 Å². The van der Waals surface area contributed by atoms with Crippen LogP contribution in [0.3, 0.4) is 0 Å². The van der Waals surface area contributed by atoms with E-state index in [1.54, 1.807) is 7.11 Å². The topological polar surface area (TPSA) is 18.5 Å². The van der Waals surface area contributed by atoms with Gasteiger partial charge in [-0.15, -0.1) is 0 Å². The van der Waals surface area contributed by atoms with Crippen molar-refractivity contribution >= 4 is 29.6 Å². The molecule has 0 rings (SSSR count). The monoisotopic (exact) mass is 128 g/mol. The van der Waals surface area contributed by atoms with Crippen LogP contribution in [0.25, 0.3) is 0 Å². The van der Waals surface area contributed by atoms with E-state index < -0.39 is 0 Å². The molecule has 0 fully saturated rings. The maximum absolute atomic E-state index is 4.95. The van der Waals surface area contributed by atoms with Crippen molar-refractivity contribution in [1.29, 1.82) is 0 Å². The third kappa shape index (κ3) is 10.0. The fourth-order valence-electron chi connectivity index (χ4n) is 0.287. The zero-order valence-electron chi connectivity index (χ0n) is 4.94. The summed E-state index contributed by atoms with van der Waals surface area (Å²) >= 11 is 0. The molecule has 0 saturated heterocycles. The maximum atomic E-state index is 4.95. The quantitative estimate of drug-likeness (QED) is 0.392. The molecular formula is C5H13NaO2. The molecule has 0 atom stereocenters. The SMILES string of the molecule is CCOCCOC.[NaH]. The van der Waals surface area contributed by atoms with Crippen molar-refractivity contribution in [2.45, 2.75) is 6.92 Å². The van der Waals surface area contributed by atoms with Gasteiger partial charge in [0.1, 0.15) is 0 Å². The van der Waals surface area contributed by atoms with Gasteiger partial charge in [-0.25, -0.2) is 0 Å². The van der Waals surface area contributed by atoms with Crippen LogP contribution in [-0.2, 0) is 9.47 Å². The van der Waals surface area contributed by atoms with Crippen molar-refractivity contribution in [2.24, 2.45) is 0 Å². The van der Waals surface area contributed by atoms with E-state index in [1.807, 2.05) is 6.92 Å². The molecule has 3 heteroatoms. The Morgan fingerprint density at radius 1 is 1.25 bits per heavy atom. The van der Waals surface area contributed by atoms with Gasteiger partial charge in [0, 0.05) is 13.7 Å². The molecule has 0 aliphatic rings. The Balaban J connectivity index is 0. The van der Waals surface area contributed by atoms with E-state index in [0.717, 1.165) is 6.61 Å². The predicted molar refractivity (Wildman–Crippen MR) is 35.5 cm³/mol. The summed E-state index contributed by atoms with van der Waals surface area (Å²) in [6, 6.07) is 0. The van der Waals surface area contributed by atoms with Crippen molar-refractivity contribution in [2.75, 3.05) is 26.9 Å². The van der Waals surface area contributed by atoms with Crippen LogP contribution in [0.4, 0.5) is 0 Å².